The molecule has 1 aliphatic rings. The van der Waals surface area contributed by atoms with Crippen molar-refractivity contribution in [2.45, 2.75) is 19.4 Å². The van der Waals surface area contributed by atoms with Gasteiger partial charge in [0.15, 0.2) is 0 Å². The second-order valence-corrected chi connectivity index (χ2v) is 5.21. The SMILES string of the molecule is CNc1nc(N2CCC(C(C)O)C2)nc(-n2ccnc2)n1. The summed E-state index contributed by atoms with van der Waals surface area (Å²) in [5.74, 6) is 1.93. The molecule has 2 aromatic rings. The first-order valence-electron chi connectivity index (χ1n) is 7.02. The Morgan fingerprint density at radius 2 is 2.14 bits per heavy atom. The van der Waals surface area contributed by atoms with Crippen LogP contribution >= 0.6 is 0 Å². The molecule has 21 heavy (non-hydrogen) atoms. The smallest absolute Gasteiger partial charge is 0.241 e. The quantitative estimate of drug-likeness (QED) is 0.836. The minimum absolute atomic E-state index is 0.261. The lowest BCUT2D eigenvalue weighted by Crippen LogP contribution is -2.26. The molecule has 0 amide bonds. The van der Waals surface area contributed by atoms with Gasteiger partial charge in [-0.15, -0.1) is 0 Å². The van der Waals surface area contributed by atoms with Crippen LogP contribution in [0.3, 0.4) is 0 Å². The molecule has 0 aromatic carbocycles. The van der Waals surface area contributed by atoms with Gasteiger partial charge in [-0.1, -0.05) is 0 Å². The van der Waals surface area contributed by atoms with Crippen LogP contribution in [0.1, 0.15) is 13.3 Å². The van der Waals surface area contributed by atoms with E-state index in [-0.39, 0.29) is 12.0 Å². The number of aromatic nitrogens is 5. The zero-order valence-corrected chi connectivity index (χ0v) is 12.1. The number of aliphatic hydroxyl groups excluding tert-OH is 1. The van der Waals surface area contributed by atoms with E-state index >= 15 is 0 Å². The number of rotatable bonds is 4. The van der Waals surface area contributed by atoms with Gasteiger partial charge in [0.1, 0.15) is 6.33 Å². The van der Waals surface area contributed by atoms with Gasteiger partial charge in [0, 0.05) is 38.4 Å². The summed E-state index contributed by atoms with van der Waals surface area (Å²) in [6, 6.07) is 0. The molecule has 2 atom stereocenters. The highest BCUT2D eigenvalue weighted by Gasteiger charge is 2.28. The van der Waals surface area contributed by atoms with Crippen molar-refractivity contribution >= 4 is 11.9 Å². The van der Waals surface area contributed by atoms with Crippen molar-refractivity contribution < 1.29 is 5.11 Å². The predicted molar refractivity (Wildman–Crippen MR) is 78.5 cm³/mol. The monoisotopic (exact) mass is 289 g/mol. The van der Waals surface area contributed by atoms with Crippen molar-refractivity contribution in [3.63, 3.8) is 0 Å². The fourth-order valence-corrected chi connectivity index (χ4v) is 2.46. The van der Waals surface area contributed by atoms with Crippen LogP contribution in [0, 0.1) is 5.92 Å². The number of hydrogen-bond acceptors (Lipinski definition) is 7. The first kappa shape index (κ1) is 13.7. The van der Waals surface area contributed by atoms with Gasteiger partial charge in [-0.05, 0) is 13.3 Å². The molecule has 3 heterocycles. The topological polar surface area (TPSA) is 92.0 Å². The Labute approximate surface area is 122 Å². The van der Waals surface area contributed by atoms with E-state index in [9.17, 15) is 5.11 Å². The fraction of sp³-hybridized carbons (Fsp3) is 0.538. The number of aliphatic hydroxyl groups is 1. The van der Waals surface area contributed by atoms with E-state index in [1.807, 2.05) is 6.92 Å². The Hall–Kier alpha value is -2.22. The van der Waals surface area contributed by atoms with Gasteiger partial charge in [-0.3, -0.25) is 4.57 Å². The summed E-state index contributed by atoms with van der Waals surface area (Å²) < 4.78 is 1.74. The second-order valence-electron chi connectivity index (χ2n) is 5.21. The van der Waals surface area contributed by atoms with Crippen molar-refractivity contribution in [1.29, 1.82) is 0 Å². The molecule has 1 saturated heterocycles. The van der Waals surface area contributed by atoms with Crippen LogP contribution in [0.5, 0.6) is 0 Å². The lowest BCUT2D eigenvalue weighted by atomic mass is 10.0. The van der Waals surface area contributed by atoms with E-state index in [1.165, 1.54) is 0 Å². The zero-order chi connectivity index (χ0) is 14.8. The Bertz CT molecular complexity index is 599. The van der Waals surface area contributed by atoms with Gasteiger partial charge in [0.2, 0.25) is 17.8 Å². The van der Waals surface area contributed by atoms with Crippen LogP contribution < -0.4 is 10.2 Å². The van der Waals surface area contributed by atoms with Crippen LogP contribution in [0.25, 0.3) is 5.95 Å². The van der Waals surface area contributed by atoms with Crippen molar-refractivity contribution in [2.75, 3.05) is 30.4 Å². The Balaban J connectivity index is 1.90. The van der Waals surface area contributed by atoms with E-state index in [1.54, 1.807) is 30.3 Å². The zero-order valence-electron chi connectivity index (χ0n) is 12.1. The largest absolute Gasteiger partial charge is 0.393 e. The standard InChI is InChI=1S/C13H19N7O/c1-9(21)10-3-5-19(7-10)12-16-11(14-2)17-13(18-12)20-6-4-15-8-20/h4,6,8-10,21H,3,5,7H2,1-2H3,(H,14,16,17,18). The Kier molecular flexibility index (Phi) is 3.70. The van der Waals surface area contributed by atoms with Gasteiger partial charge in [0.25, 0.3) is 0 Å². The average molecular weight is 289 g/mol. The van der Waals surface area contributed by atoms with Crippen LogP contribution in [-0.2, 0) is 0 Å². The predicted octanol–water partition coefficient (Wildman–Crippen LogP) is 0.306. The number of nitrogens with zero attached hydrogens (tertiary/aromatic N) is 6. The molecule has 1 fully saturated rings. The van der Waals surface area contributed by atoms with Gasteiger partial charge < -0.3 is 15.3 Å². The van der Waals surface area contributed by atoms with Crippen molar-refractivity contribution in [2.24, 2.45) is 5.92 Å². The second kappa shape index (κ2) is 5.65. The van der Waals surface area contributed by atoms with Crippen molar-refractivity contribution in [1.82, 2.24) is 24.5 Å². The fourth-order valence-electron chi connectivity index (χ4n) is 2.46. The summed E-state index contributed by atoms with van der Waals surface area (Å²) in [4.78, 5) is 19.3. The molecule has 1 aliphatic heterocycles. The van der Waals surface area contributed by atoms with Crippen LogP contribution in [0.2, 0.25) is 0 Å². The lowest BCUT2D eigenvalue weighted by molar-refractivity contribution is 0.136. The van der Waals surface area contributed by atoms with E-state index < -0.39 is 0 Å². The third kappa shape index (κ3) is 2.80. The van der Waals surface area contributed by atoms with Gasteiger partial charge in [-0.2, -0.15) is 15.0 Å². The molecule has 3 rings (SSSR count). The number of nitrogens with one attached hydrogen (secondary N) is 1. The molecule has 0 bridgehead atoms. The molecule has 8 heteroatoms. The molecular weight excluding hydrogens is 270 g/mol. The van der Waals surface area contributed by atoms with Crippen molar-refractivity contribution in [3.8, 4) is 5.95 Å². The maximum atomic E-state index is 9.72. The molecule has 2 N–H and O–H groups in total. The minimum atomic E-state index is -0.311. The highest BCUT2D eigenvalue weighted by molar-refractivity contribution is 5.40. The molecule has 112 valence electrons. The Morgan fingerprint density at radius 3 is 2.76 bits per heavy atom. The van der Waals surface area contributed by atoms with Crippen molar-refractivity contribution in [3.05, 3.63) is 18.7 Å². The van der Waals surface area contributed by atoms with E-state index in [2.05, 4.69) is 30.2 Å². The summed E-state index contributed by atoms with van der Waals surface area (Å²) >= 11 is 0. The first-order chi connectivity index (χ1) is 10.2. The lowest BCUT2D eigenvalue weighted by Gasteiger charge is -2.18. The molecule has 2 unspecified atom stereocenters. The minimum Gasteiger partial charge on any atom is -0.393 e. The molecule has 0 radical (unpaired) electrons. The summed E-state index contributed by atoms with van der Waals surface area (Å²) in [6.07, 6.45) is 5.76. The van der Waals surface area contributed by atoms with Crippen LogP contribution in [-0.4, -0.2) is 55.9 Å². The molecule has 0 saturated carbocycles. The van der Waals surface area contributed by atoms with Gasteiger partial charge >= 0.3 is 0 Å². The number of hydrogen-bond donors (Lipinski definition) is 2. The number of imidazole rings is 1. The maximum absolute atomic E-state index is 9.72. The normalized spacial score (nSPS) is 19.8. The molecule has 0 aliphatic carbocycles. The summed E-state index contributed by atoms with van der Waals surface area (Å²) in [5, 5.41) is 12.7. The maximum Gasteiger partial charge on any atom is 0.241 e. The van der Waals surface area contributed by atoms with E-state index in [0.717, 1.165) is 19.5 Å². The van der Waals surface area contributed by atoms with E-state index in [4.69, 9.17) is 0 Å². The summed E-state index contributed by atoms with van der Waals surface area (Å²) in [7, 11) is 1.78. The highest BCUT2D eigenvalue weighted by Crippen LogP contribution is 2.24. The van der Waals surface area contributed by atoms with Crippen LogP contribution in [0.15, 0.2) is 18.7 Å². The van der Waals surface area contributed by atoms with E-state index in [0.29, 0.717) is 17.8 Å². The first-order valence-corrected chi connectivity index (χ1v) is 7.02. The molecule has 8 nitrogen and oxygen atoms in total. The third-order valence-electron chi connectivity index (χ3n) is 3.76. The summed E-state index contributed by atoms with van der Waals surface area (Å²) in [6.45, 7) is 3.43. The number of anilines is 2. The molecular formula is C13H19N7O. The van der Waals surface area contributed by atoms with Crippen LogP contribution in [0.4, 0.5) is 11.9 Å². The molecule has 0 spiro atoms. The average Bonchev–Trinajstić information content (AvgIpc) is 3.18. The Morgan fingerprint density at radius 1 is 1.33 bits per heavy atom. The third-order valence-corrected chi connectivity index (χ3v) is 3.76. The highest BCUT2D eigenvalue weighted by atomic mass is 16.3. The van der Waals surface area contributed by atoms with Gasteiger partial charge in [0.05, 0.1) is 6.10 Å². The molecule has 2 aromatic heterocycles. The van der Waals surface area contributed by atoms with Gasteiger partial charge in [-0.25, -0.2) is 4.98 Å². The summed E-state index contributed by atoms with van der Waals surface area (Å²) in [5.41, 5.74) is 0.